The highest BCUT2D eigenvalue weighted by Crippen LogP contribution is 2.37. The number of anilines is 1. The molecular weight excluding hydrogens is 921 g/mol. The summed E-state index contributed by atoms with van der Waals surface area (Å²) in [5.74, 6) is -2.62. The van der Waals surface area contributed by atoms with Gasteiger partial charge >= 0.3 is 6.03 Å². The predicted octanol–water partition coefficient (Wildman–Crippen LogP) is 7.22. The second-order valence-corrected chi connectivity index (χ2v) is 23.2. The van der Waals surface area contributed by atoms with Crippen LogP contribution in [-0.4, -0.2) is 95.0 Å². The Labute approximate surface area is 432 Å². The van der Waals surface area contributed by atoms with E-state index in [-0.39, 0.29) is 85.7 Å². The number of urea groups is 1. The number of fused-ring (bicyclic) bond motifs is 3. The summed E-state index contributed by atoms with van der Waals surface area (Å²) in [7, 11) is 1.70. The maximum absolute atomic E-state index is 14.9. The highest BCUT2D eigenvalue weighted by atomic mass is 16.2. The molecule has 4 aliphatic rings. The van der Waals surface area contributed by atoms with Gasteiger partial charge in [-0.25, -0.2) is 4.79 Å². The number of hydrogen-bond donors (Lipinski definition) is 6. The SMILES string of the molecule is CC[C@@H](C)C(=O)N[C@H](C(=O)N1Cc2cc(NC(=O)N[C@H]3C[C@@H](C(=O)NC4CCCc5ccccc54)N(C(=O)[C@@H](CC(=O)[C@H](C)NC)C(C)(C)C)C3)ccc2C[C@H]1C(=O)NC1CCCc2ccccc21)C(C)(C)C. The summed E-state index contributed by atoms with van der Waals surface area (Å²) < 4.78 is 0. The van der Waals surface area contributed by atoms with Crippen molar-refractivity contribution >= 4 is 47.0 Å². The Morgan fingerprint density at radius 1 is 0.685 bits per heavy atom. The highest BCUT2D eigenvalue weighted by Gasteiger charge is 2.47. The van der Waals surface area contributed by atoms with Crippen LogP contribution in [0, 0.1) is 22.7 Å². The maximum atomic E-state index is 14.9. The number of aryl methyl sites for hydroxylation is 2. The smallest absolute Gasteiger partial charge is 0.319 e. The van der Waals surface area contributed by atoms with Crippen LogP contribution >= 0.6 is 0 Å². The fraction of sp³-hybridized carbons (Fsp3) is 0.569. The Morgan fingerprint density at radius 2 is 1.27 bits per heavy atom. The molecule has 1 fully saturated rings. The molecule has 0 saturated carbocycles. The molecule has 7 rings (SSSR count). The van der Waals surface area contributed by atoms with Gasteiger partial charge in [0.25, 0.3) is 0 Å². The van der Waals surface area contributed by atoms with Gasteiger partial charge in [0.2, 0.25) is 29.5 Å². The van der Waals surface area contributed by atoms with Gasteiger partial charge in [0, 0.05) is 43.5 Å². The Balaban J connectivity index is 1.12. The lowest BCUT2D eigenvalue weighted by molar-refractivity contribution is -0.147. The summed E-state index contributed by atoms with van der Waals surface area (Å²) in [4.78, 5) is 103. The second-order valence-electron chi connectivity index (χ2n) is 23.2. The Morgan fingerprint density at radius 3 is 1.84 bits per heavy atom. The lowest BCUT2D eigenvalue weighted by Crippen LogP contribution is -2.61. The molecule has 3 aromatic carbocycles. The van der Waals surface area contributed by atoms with Crippen LogP contribution in [0.5, 0.6) is 0 Å². The van der Waals surface area contributed by atoms with Crippen LogP contribution in [-0.2, 0) is 54.6 Å². The third kappa shape index (κ3) is 12.8. The maximum Gasteiger partial charge on any atom is 0.319 e. The number of benzene rings is 3. The van der Waals surface area contributed by atoms with E-state index in [4.69, 9.17) is 0 Å². The van der Waals surface area contributed by atoms with Crippen molar-refractivity contribution in [3.63, 3.8) is 0 Å². The molecule has 2 aliphatic heterocycles. The van der Waals surface area contributed by atoms with Gasteiger partial charge < -0.3 is 41.7 Å². The van der Waals surface area contributed by atoms with E-state index in [1.807, 2.05) is 97.9 Å². The van der Waals surface area contributed by atoms with E-state index in [2.05, 4.69) is 50.1 Å². The second kappa shape index (κ2) is 23.0. The summed E-state index contributed by atoms with van der Waals surface area (Å²) in [6.45, 7) is 17.1. The van der Waals surface area contributed by atoms with E-state index in [1.165, 1.54) is 11.1 Å². The summed E-state index contributed by atoms with van der Waals surface area (Å²) in [6.07, 6.45) is 6.22. The summed E-state index contributed by atoms with van der Waals surface area (Å²) in [6, 6.07) is 17.0. The number of hydrogen-bond acceptors (Lipinski definition) is 8. The monoisotopic (exact) mass is 1000 g/mol. The van der Waals surface area contributed by atoms with Gasteiger partial charge in [0.05, 0.1) is 24.2 Å². The minimum Gasteiger partial charge on any atom is -0.347 e. The van der Waals surface area contributed by atoms with Gasteiger partial charge in [-0.15, -0.1) is 0 Å². The van der Waals surface area contributed by atoms with Gasteiger partial charge in [-0.3, -0.25) is 28.8 Å². The molecular formula is C58H80N8O7. The molecule has 15 heteroatoms. The van der Waals surface area contributed by atoms with Crippen molar-refractivity contribution in [2.45, 2.75) is 175 Å². The highest BCUT2D eigenvalue weighted by molar-refractivity contribution is 5.96. The number of carbonyl (C=O) groups excluding carboxylic acids is 7. The predicted molar refractivity (Wildman–Crippen MR) is 283 cm³/mol. The number of rotatable bonds is 15. The van der Waals surface area contributed by atoms with Crippen molar-refractivity contribution < 1.29 is 33.6 Å². The number of Topliss-reactive ketones (excluding diaryl/α,β-unsaturated/α-hetero) is 1. The van der Waals surface area contributed by atoms with Crippen LogP contribution in [0.2, 0.25) is 0 Å². The minimum absolute atomic E-state index is 0.00482. The molecule has 1 saturated heterocycles. The van der Waals surface area contributed by atoms with Crippen molar-refractivity contribution in [2.75, 3.05) is 18.9 Å². The van der Waals surface area contributed by atoms with Crippen LogP contribution in [0.4, 0.5) is 10.5 Å². The van der Waals surface area contributed by atoms with E-state index < -0.39 is 53.0 Å². The third-order valence-electron chi connectivity index (χ3n) is 15.9. The molecule has 0 aromatic heterocycles. The molecule has 2 aliphatic carbocycles. The van der Waals surface area contributed by atoms with Crippen LogP contribution < -0.4 is 31.9 Å². The number of nitrogens with one attached hydrogen (secondary N) is 6. The number of ketones is 1. The normalized spacial score (nSPS) is 22.2. The molecule has 3 aromatic rings. The zero-order valence-electron chi connectivity index (χ0n) is 44.8. The molecule has 73 heavy (non-hydrogen) atoms. The summed E-state index contributed by atoms with van der Waals surface area (Å²) in [5, 5.41) is 18.6. The molecule has 9 atom stereocenters. The van der Waals surface area contributed by atoms with E-state index in [9.17, 15) is 33.6 Å². The molecule has 0 spiro atoms. The number of nitrogens with zero attached hydrogens (tertiary/aromatic N) is 2. The molecule has 2 unspecified atom stereocenters. The third-order valence-corrected chi connectivity index (χ3v) is 15.9. The van der Waals surface area contributed by atoms with E-state index >= 15 is 0 Å². The van der Waals surface area contributed by atoms with Crippen LogP contribution in [0.3, 0.4) is 0 Å². The van der Waals surface area contributed by atoms with Gasteiger partial charge in [-0.2, -0.15) is 0 Å². The Hall–Kier alpha value is -6.09. The fourth-order valence-electron chi connectivity index (χ4n) is 11.0. The van der Waals surface area contributed by atoms with Crippen molar-refractivity contribution in [2.24, 2.45) is 22.7 Å². The molecule has 7 amide bonds. The number of likely N-dealkylation sites (tertiary alicyclic amines) is 1. The molecule has 0 bridgehead atoms. The fourth-order valence-corrected chi connectivity index (χ4v) is 11.0. The molecule has 0 radical (unpaired) electrons. The van der Waals surface area contributed by atoms with Crippen molar-refractivity contribution in [3.8, 4) is 0 Å². The molecule has 15 nitrogen and oxygen atoms in total. The summed E-state index contributed by atoms with van der Waals surface area (Å²) >= 11 is 0. The van der Waals surface area contributed by atoms with Crippen LogP contribution in [0.1, 0.15) is 153 Å². The van der Waals surface area contributed by atoms with Crippen molar-refractivity contribution in [1.82, 2.24) is 36.4 Å². The molecule has 2 heterocycles. The standard InChI is InChI=1S/C58H80N8O7/c1-11-34(2)51(68)64-50(58(7,8)9)55(72)65-32-39-28-40(27-26-38(39)29-47(65)52(69)62-45-24-16-20-36-18-12-14-22-42(36)45)60-56(73)61-41-30-48(53(70)63-46-25-17-21-37-19-13-15-23-43(37)46)66(33-41)54(71)44(57(4,5)6)31-49(67)35(3)59-10/h12-15,18-19,22-23,26-28,34-35,41,44-48,50,59H,11,16-17,20-21,24-25,29-33H2,1-10H3,(H,62,69)(H,63,70)(H,64,68)(H2,60,61,73)/t34-,35+,41+,44-,45?,46?,47+,48+,50-/m1/s1. The van der Waals surface area contributed by atoms with Gasteiger partial charge in [-0.05, 0) is 122 Å². The first-order valence-corrected chi connectivity index (χ1v) is 26.6. The average Bonchev–Trinajstić information content (AvgIpc) is 3.78. The number of carbonyl (C=O) groups is 7. The molecule has 394 valence electrons. The molecule has 6 N–H and O–H groups in total. The summed E-state index contributed by atoms with van der Waals surface area (Å²) in [5.41, 5.74) is 5.28. The zero-order chi connectivity index (χ0) is 52.9. The van der Waals surface area contributed by atoms with Crippen LogP contribution in [0.15, 0.2) is 66.7 Å². The first-order chi connectivity index (χ1) is 34.6. The van der Waals surface area contributed by atoms with Gasteiger partial charge in [0.15, 0.2) is 0 Å². The lowest BCUT2D eigenvalue weighted by atomic mass is 9.76. The van der Waals surface area contributed by atoms with Gasteiger partial charge in [-0.1, -0.05) is 110 Å². The number of likely N-dealkylation sites (N-methyl/N-ethyl adjacent to an activating group) is 1. The quantitative estimate of drug-likeness (QED) is 0.0917. The first kappa shape index (κ1) is 54.7. The zero-order valence-corrected chi connectivity index (χ0v) is 44.8. The minimum atomic E-state index is -0.924. The van der Waals surface area contributed by atoms with Crippen molar-refractivity contribution in [1.29, 1.82) is 0 Å². The van der Waals surface area contributed by atoms with E-state index in [1.54, 1.807) is 29.8 Å². The van der Waals surface area contributed by atoms with Gasteiger partial charge in [0.1, 0.15) is 23.9 Å². The van der Waals surface area contributed by atoms with E-state index in [0.717, 1.165) is 60.8 Å². The lowest BCUT2D eigenvalue weighted by Gasteiger charge is -2.42. The number of amides is 7. The Kier molecular flexibility index (Phi) is 17.2. The first-order valence-electron chi connectivity index (χ1n) is 26.6. The van der Waals surface area contributed by atoms with E-state index in [0.29, 0.717) is 12.1 Å². The average molecular weight is 1000 g/mol. The topological polar surface area (TPSA) is 198 Å². The largest absolute Gasteiger partial charge is 0.347 e. The van der Waals surface area contributed by atoms with Crippen LogP contribution in [0.25, 0.3) is 0 Å². The van der Waals surface area contributed by atoms with Crippen molar-refractivity contribution in [3.05, 3.63) is 100 Å². The Bertz CT molecular complexity index is 2550.